The van der Waals surface area contributed by atoms with E-state index >= 15 is 0 Å². The van der Waals surface area contributed by atoms with Gasteiger partial charge in [-0.3, -0.25) is 4.79 Å². The zero-order valence-electron chi connectivity index (χ0n) is 18.5. The summed E-state index contributed by atoms with van der Waals surface area (Å²) >= 11 is 4.91. The van der Waals surface area contributed by atoms with Gasteiger partial charge >= 0.3 is 5.97 Å². The molecular formula is C26H19BrN2O5S. The van der Waals surface area contributed by atoms with E-state index in [1.54, 1.807) is 28.7 Å². The van der Waals surface area contributed by atoms with Gasteiger partial charge in [0.15, 0.2) is 16.5 Å². The van der Waals surface area contributed by atoms with Gasteiger partial charge in [-0.1, -0.05) is 35.6 Å². The van der Waals surface area contributed by atoms with Gasteiger partial charge in [-0.2, -0.15) is 0 Å². The molecule has 2 aromatic heterocycles. The summed E-state index contributed by atoms with van der Waals surface area (Å²) in [4.78, 5) is 29.4. The summed E-state index contributed by atoms with van der Waals surface area (Å²) in [6.07, 6.45) is 1.82. The van der Waals surface area contributed by atoms with E-state index in [-0.39, 0.29) is 17.7 Å². The van der Waals surface area contributed by atoms with Gasteiger partial charge in [-0.05, 0) is 76.5 Å². The van der Waals surface area contributed by atoms with Crippen molar-refractivity contribution >= 4 is 55.3 Å². The molecule has 0 aliphatic carbocycles. The second-order valence-electron chi connectivity index (χ2n) is 7.69. The van der Waals surface area contributed by atoms with Crippen molar-refractivity contribution in [2.24, 2.45) is 0 Å². The van der Waals surface area contributed by atoms with Crippen molar-refractivity contribution in [3.8, 4) is 11.5 Å². The molecule has 0 radical (unpaired) electrons. The Morgan fingerprint density at radius 3 is 2.66 bits per heavy atom. The zero-order valence-corrected chi connectivity index (χ0v) is 20.9. The van der Waals surface area contributed by atoms with Crippen LogP contribution in [0.3, 0.4) is 0 Å². The first-order chi connectivity index (χ1) is 16.9. The Labute approximate surface area is 212 Å². The van der Waals surface area contributed by atoms with Crippen LogP contribution >= 0.6 is 27.3 Å². The van der Waals surface area contributed by atoms with E-state index in [2.05, 4.69) is 20.9 Å². The highest BCUT2D eigenvalue weighted by atomic mass is 79.9. The molecule has 0 fully saturated rings. The van der Waals surface area contributed by atoms with Crippen molar-refractivity contribution in [2.75, 3.05) is 6.61 Å². The number of rotatable bonds is 7. The molecule has 5 aromatic rings. The van der Waals surface area contributed by atoms with Crippen LogP contribution in [0.2, 0.25) is 0 Å². The summed E-state index contributed by atoms with van der Waals surface area (Å²) in [7, 11) is 0. The highest BCUT2D eigenvalue weighted by Gasteiger charge is 2.14. The maximum atomic E-state index is 13.1. The van der Waals surface area contributed by atoms with Gasteiger partial charge in [0.1, 0.15) is 6.61 Å². The molecule has 0 aliphatic rings. The molecule has 0 atom stereocenters. The van der Waals surface area contributed by atoms with Crippen molar-refractivity contribution in [2.45, 2.75) is 13.5 Å². The Morgan fingerprint density at radius 1 is 1.14 bits per heavy atom. The van der Waals surface area contributed by atoms with Gasteiger partial charge in [0.25, 0.3) is 5.56 Å². The zero-order chi connectivity index (χ0) is 24.5. The fraction of sp³-hybridized carbons (Fsp3) is 0.115. The second-order valence-corrected chi connectivity index (χ2v) is 9.55. The smallest absolute Gasteiger partial charge is 0.335 e. The predicted octanol–water partition coefficient (Wildman–Crippen LogP) is 4.90. The van der Waals surface area contributed by atoms with Crippen LogP contribution in [0, 0.1) is 0 Å². The average Bonchev–Trinajstić information content (AvgIpc) is 3.35. The number of carbonyl (C=O) groups is 1. The average molecular weight is 551 g/mol. The van der Waals surface area contributed by atoms with Gasteiger partial charge in [-0.25, -0.2) is 14.2 Å². The summed E-state index contributed by atoms with van der Waals surface area (Å²) < 4.78 is 14.7. The van der Waals surface area contributed by atoms with Crippen LogP contribution in [-0.4, -0.2) is 27.1 Å². The topological polar surface area (TPSA) is 90.1 Å². The Kier molecular flexibility index (Phi) is 6.27. The van der Waals surface area contributed by atoms with Gasteiger partial charge in [-0.15, -0.1) is 0 Å². The summed E-state index contributed by atoms with van der Waals surface area (Å²) in [5.74, 6) is 0.0920. The second kappa shape index (κ2) is 9.52. The Morgan fingerprint density at radius 2 is 1.91 bits per heavy atom. The van der Waals surface area contributed by atoms with Crippen LogP contribution in [0.5, 0.6) is 11.5 Å². The van der Waals surface area contributed by atoms with Crippen LogP contribution in [-0.2, 0) is 6.61 Å². The third kappa shape index (κ3) is 4.52. The minimum Gasteiger partial charge on any atom is -0.490 e. The minimum atomic E-state index is -0.973. The highest BCUT2D eigenvalue weighted by Crippen LogP contribution is 2.37. The quantitative estimate of drug-likeness (QED) is 0.310. The van der Waals surface area contributed by atoms with Crippen molar-refractivity contribution in [1.82, 2.24) is 9.38 Å². The standard InChI is InChI=1S/C26H19BrN2O5S/c1-2-33-21-12-16(11-18(27)23(21)34-14-15-7-9-17(10-8-15)25(31)32)13-22-24(30)29-20-6-4-3-5-19(20)28-26(29)35-22/h3-13H,2,14H2,1H3,(H,31,32)/b22-13-. The number of aromatic nitrogens is 2. The molecule has 0 amide bonds. The van der Waals surface area contributed by atoms with E-state index in [1.165, 1.54) is 11.3 Å². The lowest BCUT2D eigenvalue weighted by Crippen LogP contribution is -2.22. The predicted molar refractivity (Wildman–Crippen MR) is 139 cm³/mol. The van der Waals surface area contributed by atoms with Gasteiger partial charge in [0.2, 0.25) is 0 Å². The first-order valence-corrected chi connectivity index (χ1v) is 12.4. The number of hydrogen-bond acceptors (Lipinski definition) is 6. The van der Waals surface area contributed by atoms with Crippen molar-refractivity contribution in [3.63, 3.8) is 0 Å². The summed E-state index contributed by atoms with van der Waals surface area (Å²) in [6.45, 7) is 2.56. The Hall–Kier alpha value is -3.69. The molecule has 0 bridgehead atoms. The van der Waals surface area contributed by atoms with Crippen LogP contribution < -0.4 is 19.6 Å². The Balaban J connectivity index is 1.48. The number of aromatic carboxylic acids is 1. The van der Waals surface area contributed by atoms with Crippen molar-refractivity contribution in [3.05, 3.63) is 96.7 Å². The van der Waals surface area contributed by atoms with E-state index < -0.39 is 5.97 Å². The third-order valence-corrected chi connectivity index (χ3v) is 6.92. The normalized spacial score (nSPS) is 11.9. The molecule has 2 heterocycles. The van der Waals surface area contributed by atoms with Crippen LogP contribution in [0.25, 0.3) is 22.1 Å². The molecule has 35 heavy (non-hydrogen) atoms. The molecule has 176 valence electrons. The molecule has 0 spiro atoms. The van der Waals surface area contributed by atoms with Crippen LogP contribution in [0.1, 0.15) is 28.4 Å². The monoisotopic (exact) mass is 550 g/mol. The third-order valence-electron chi connectivity index (χ3n) is 5.36. The molecule has 0 saturated heterocycles. The lowest BCUT2D eigenvalue weighted by atomic mass is 10.1. The van der Waals surface area contributed by atoms with E-state index in [4.69, 9.17) is 14.6 Å². The van der Waals surface area contributed by atoms with Gasteiger partial charge < -0.3 is 14.6 Å². The molecular weight excluding hydrogens is 532 g/mol. The molecule has 9 heteroatoms. The van der Waals surface area contributed by atoms with Gasteiger partial charge in [0, 0.05) is 0 Å². The molecule has 7 nitrogen and oxygen atoms in total. The summed E-state index contributed by atoms with van der Waals surface area (Å²) in [5.41, 5.74) is 3.30. The number of hydrogen-bond donors (Lipinski definition) is 1. The number of halogens is 1. The van der Waals surface area contributed by atoms with E-state index in [1.807, 2.05) is 49.4 Å². The van der Waals surface area contributed by atoms with Crippen LogP contribution in [0.15, 0.2) is 69.9 Å². The molecule has 0 unspecified atom stereocenters. The summed E-state index contributed by atoms with van der Waals surface area (Å²) in [5, 5.41) is 9.06. The number of para-hydroxylation sites is 2. The number of carboxylic acid groups (broad SMARTS) is 1. The lowest BCUT2D eigenvalue weighted by molar-refractivity contribution is 0.0697. The number of benzene rings is 3. The molecule has 0 aliphatic heterocycles. The molecule has 3 aromatic carbocycles. The lowest BCUT2D eigenvalue weighted by Gasteiger charge is -2.15. The Bertz CT molecular complexity index is 1670. The van der Waals surface area contributed by atoms with Crippen molar-refractivity contribution in [1.29, 1.82) is 0 Å². The fourth-order valence-corrected chi connectivity index (χ4v) is 5.30. The maximum Gasteiger partial charge on any atom is 0.335 e. The number of carboxylic acids is 1. The largest absolute Gasteiger partial charge is 0.490 e. The first kappa shape index (κ1) is 23.1. The molecule has 5 rings (SSSR count). The van der Waals surface area contributed by atoms with Crippen LogP contribution in [0.4, 0.5) is 0 Å². The number of fused-ring (bicyclic) bond motifs is 3. The van der Waals surface area contributed by atoms with Gasteiger partial charge in [0.05, 0.1) is 32.2 Å². The molecule has 1 N–H and O–H groups in total. The number of nitrogens with zero attached hydrogens (tertiary/aromatic N) is 2. The van der Waals surface area contributed by atoms with E-state index in [0.29, 0.717) is 32.1 Å². The van der Waals surface area contributed by atoms with E-state index in [0.717, 1.165) is 22.2 Å². The number of ether oxygens (including phenoxy) is 2. The maximum absolute atomic E-state index is 13.1. The highest BCUT2D eigenvalue weighted by molar-refractivity contribution is 9.10. The first-order valence-electron chi connectivity index (χ1n) is 10.8. The minimum absolute atomic E-state index is 0.113. The molecule has 0 saturated carbocycles. The van der Waals surface area contributed by atoms with E-state index in [9.17, 15) is 9.59 Å². The summed E-state index contributed by atoms with van der Waals surface area (Å²) in [6, 6.07) is 17.8. The number of imidazole rings is 1. The number of thiazole rings is 1. The van der Waals surface area contributed by atoms with Crippen molar-refractivity contribution < 1.29 is 19.4 Å². The SMILES string of the molecule is CCOc1cc(/C=c2\sc3nc4ccccc4n3c2=O)cc(Br)c1OCc1ccc(C(=O)O)cc1. The fourth-order valence-electron chi connectivity index (χ4n) is 3.74.